The topological polar surface area (TPSA) is 63.3 Å². The lowest BCUT2D eigenvalue weighted by molar-refractivity contribution is -0.870. The molecular weight excluding hydrogens is 168 g/mol. The molecule has 0 unspecified atom stereocenters. The number of aliphatic hydroxyl groups excluding tert-OH is 1. The van der Waals surface area contributed by atoms with Gasteiger partial charge in [-0.25, -0.2) is 0 Å². The molecule has 0 aliphatic heterocycles. The smallest absolute Gasteiger partial charge is 0.311 e. The van der Waals surface area contributed by atoms with Gasteiger partial charge in [0.15, 0.2) is 0 Å². The van der Waals surface area contributed by atoms with Crippen LogP contribution in [0.5, 0.6) is 0 Å². The number of carbonyl (C=O) groups excluding carboxylic acids is 1. The number of hydrogen-bond donors (Lipinski definition) is 2. The number of hydrogen-bond acceptors (Lipinski definition) is 2. The van der Waals surface area contributed by atoms with Gasteiger partial charge in [0.05, 0.1) is 27.7 Å². The van der Waals surface area contributed by atoms with Crippen molar-refractivity contribution < 1.29 is 14.4 Å². The van der Waals surface area contributed by atoms with Gasteiger partial charge in [-0.05, 0) is 11.6 Å². The minimum atomic E-state index is -0.861. The minimum Gasteiger partial charge on any atom is -0.391 e. The predicted octanol–water partition coefficient (Wildman–Crippen LogP) is -0.0112. The second kappa shape index (κ2) is 6.39. The molecule has 0 saturated carbocycles. The predicted molar refractivity (Wildman–Crippen MR) is 45.4 cm³/mol. The second-order valence-electron chi connectivity index (χ2n) is 3.04. The van der Waals surface area contributed by atoms with Crippen LogP contribution >= 0.6 is 11.6 Å². The first-order valence-corrected chi connectivity index (χ1v) is 3.53. The van der Waals surface area contributed by atoms with Gasteiger partial charge >= 0.3 is 5.37 Å². The number of halogens is 1. The van der Waals surface area contributed by atoms with Gasteiger partial charge in [0.1, 0.15) is 6.54 Å². The summed E-state index contributed by atoms with van der Waals surface area (Å²) in [4.78, 5) is 8.99. The van der Waals surface area contributed by atoms with Gasteiger partial charge in [-0.2, -0.15) is 0 Å². The molecule has 0 rings (SSSR count). The van der Waals surface area contributed by atoms with E-state index in [0.29, 0.717) is 0 Å². The van der Waals surface area contributed by atoms with Crippen molar-refractivity contribution in [1.29, 1.82) is 0 Å². The summed E-state index contributed by atoms with van der Waals surface area (Å²) in [7, 11) is 6.16. The number of aliphatic hydroxyl groups is 1. The largest absolute Gasteiger partial charge is 0.391 e. The fourth-order valence-electron chi connectivity index (χ4n) is 0.300. The van der Waals surface area contributed by atoms with Crippen LogP contribution in [0.2, 0.25) is 0 Å². The van der Waals surface area contributed by atoms with E-state index in [1.807, 2.05) is 0 Å². The highest BCUT2D eigenvalue weighted by atomic mass is 35.5. The molecule has 0 bridgehead atoms. The lowest BCUT2D eigenvalue weighted by atomic mass is 10.5. The molecule has 0 aliphatic carbocycles. The van der Waals surface area contributed by atoms with Gasteiger partial charge in [-0.3, -0.25) is 4.79 Å². The Bertz CT molecular complexity index is 108. The van der Waals surface area contributed by atoms with Crippen LogP contribution in [-0.4, -0.2) is 49.3 Å². The number of nitrogens with zero attached hydrogens (tertiary/aromatic N) is 1. The molecule has 68 valence electrons. The Morgan fingerprint density at radius 3 is 1.82 bits per heavy atom. The third-order valence-corrected chi connectivity index (χ3v) is 0.771. The van der Waals surface area contributed by atoms with Crippen molar-refractivity contribution >= 4 is 17.0 Å². The SMILES string of the molecule is C[N+](C)(C)CCO.NC(=O)Cl. The van der Waals surface area contributed by atoms with E-state index < -0.39 is 5.37 Å². The maximum absolute atomic E-state index is 8.99. The highest BCUT2D eigenvalue weighted by Crippen LogP contribution is 1.84. The molecule has 0 radical (unpaired) electrons. The molecule has 0 fully saturated rings. The number of quaternary nitrogens is 1. The molecule has 4 nitrogen and oxygen atoms in total. The number of likely N-dealkylation sites (N-methyl/N-ethyl adjacent to an activating group) is 1. The van der Waals surface area contributed by atoms with Crippen LogP contribution in [0.15, 0.2) is 0 Å². The number of carbonyl (C=O) groups is 1. The second-order valence-corrected chi connectivity index (χ2v) is 3.41. The first-order valence-electron chi connectivity index (χ1n) is 3.16. The van der Waals surface area contributed by atoms with Crippen molar-refractivity contribution in [2.45, 2.75) is 0 Å². The summed E-state index contributed by atoms with van der Waals surface area (Å²) in [6.45, 7) is 1.11. The van der Waals surface area contributed by atoms with E-state index >= 15 is 0 Å². The molecule has 1 amide bonds. The van der Waals surface area contributed by atoms with Crippen molar-refractivity contribution in [1.82, 2.24) is 0 Å². The number of nitrogens with two attached hydrogens (primary N) is 1. The van der Waals surface area contributed by atoms with Crippen molar-refractivity contribution in [2.24, 2.45) is 5.73 Å². The summed E-state index contributed by atoms with van der Waals surface area (Å²) in [5.41, 5.74) is 4.24. The van der Waals surface area contributed by atoms with Gasteiger partial charge in [-0.15, -0.1) is 0 Å². The Hall–Kier alpha value is -0.320. The Morgan fingerprint density at radius 1 is 1.55 bits per heavy atom. The van der Waals surface area contributed by atoms with E-state index in [4.69, 9.17) is 9.90 Å². The van der Waals surface area contributed by atoms with E-state index in [9.17, 15) is 0 Å². The van der Waals surface area contributed by atoms with Crippen molar-refractivity contribution in [3.05, 3.63) is 0 Å². The molecule has 3 N–H and O–H groups in total. The van der Waals surface area contributed by atoms with Gasteiger partial charge < -0.3 is 15.3 Å². The molecule has 0 saturated heterocycles. The average Bonchev–Trinajstić information content (AvgIpc) is 1.58. The van der Waals surface area contributed by atoms with E-state index in [2.05, 4.69) is 38.5 Å². The highest BCUT2D eigenvalue weighted by Gasteiger charge is 2.02. The quantitative estimate of drug-likeness (QED) is 0.359. The van der Waals surface area contributed by atoms with Gasteiger partial charge in [0, 0.05) is 0 Å². The lowest BCUT2D eigenvalue weighted by Crippen LogP contribution is -2.36. The molecule has 0 aliphatic rings. The Kier molecular flexibility index (Phi) is 7.72. The monoisotopic (exact) mass is 183 g/mol. The zero-order chi connectivity index (χ0) is 9.49. The first-order chi connectivity index (χ1) is 4.79. The molecular formula is C6H16ClN2O2+. The number of primary amides is 1. The summed E-state index contributed by atoms with van der Waals surface area (Å²) in [6, 6.07) is 0. The number of rotatable bonds is 2. The zero-order valence-electron chi connectivity index (χ0n) is 7.17. The van der Waals surface area contributed by atoms with E-state index in [1.54, 1.807) is 0 Å². The standard InChI is InChI=1S/C5H14NO.CH2ClNO/c1-6(2,3)4-5-7;2-1(3)4/h7H,4-5H2,1-3H3;(H2,3,4)/q+1;. The Balaban J connectivity index is 0. The molecule has 0 atom stereocenters. The summed E-state index contributed by atoms with van der Waals surface area (Å²) < 4.78 is 0.844. The van der Waals surface area contributed by atoms with Gasteiger partial charge in [0.25, 0.3) is 0 Å². The third kappa shape index (κ3) is 42.2. The van der Waals surface area contributed by atoms with Crippen LogP contribution < -0.4 is 5.73 Å². The maximum atomic E-state index is 8.99. The summed E-state index contributed by atoms with van der Waals surface area (Å²) in [6.07, 6.45) is 0. The minimum absolute atomic E-state index is 0.281. The van der Waals surface area contributed by atoms with Crippen molar-refractivity contribution in [3.63, 3.8) is 0 Å². The van der Waals surface area contributed by atoms with Crippen molar-refractivity contribution in [2.75, 3.05) is 34.3 Å². The van der Waals surface area contributed by atoms with Crippen LogP contribution in [0, 0.1) is 0 Å². The van der Waals surface area contributed by atoms with E-state index in [0.717, 1.165) is 11.0 Å². The summed E-state index contributed by atoms with van der Waals surface area (Å²) in [5, 5.41) is 7.53. The average molecular weight is 184 g/mol. The Morgan fingerprint density at radius 2 is 1.82 bits per heavy atom. The van der Waals surface area contributed by atoms with Crippen molar-refractivity contribution in [3.8, 4) is 0 Å². The normalized spacial score (nSPS) is 9.91. The fraction of sp³-hybridized carbons (Fsp3) is 0.833. The lowest BCUT2D eigenvalue weighted by Gasteiger charge is -2.21. The summed E-state index contributed by atoms with van der Waals surface area (Å²) >= 11 is 4.41. The van der Waals surface area contributed by atoms with Gasteiger partial charge in [-0.1, -0.05) is 0 Å². The molecule has 0 aromatic carbocycles. The van der Waals surface area contributed by atoms with Crippen LogP contribution in [-0.2, 0) is 0 Å². The third-order valence-electron chi connectivity index (χ3n) is 0.771. The molecule has 0 spiro atoms. The maximum Gasteiger partial charge on any atom is 0.311 e. The van der Waals surface area contributed by atoms with E-state index in [1.165, 1.54) is 0 Å². The first kappa shape index (κ1) is 13.3. The number of amides is 1. The zero-order valence-corrected chi connectivity index (χ0v) is 7.93. The van der Waals surface area contributed by atoms with Crippen LogP contribution in [0.25, 0.3) is 0 Å². The molecule has 5 heteroatoms. The fourth-order valence-corrected chi connectivity index (χ4v) is 0.300. The molecule has 0 aromatic rings. The summed E-state index contributed by atoms with van der Waals surface area (Å²) in [5.74, 6) is 0. The van der Waals surface area contributed by atoms with E-state index in [-0.39, 0.29) is 6.61 Å². The van der Waals surface area contributed by atoms with Gasteiger partial charge in [0.2, 0.25) is 0 Å². The Labute approximate surface area is 72.1 Å². The van der Waals surface area contributed by atoms with Crippen LogP contribution in [0.1, 0.15) is 0 Å². The highest BCUT2D eigenvalue weighted by molar-refractivity contribution is 6.62. The molecule has 11 heavy (non-hydrogen) atoms. The molecule has 0 aromatic heterocycles. The van der Waals surface area contributed by atoms with Crippen LogP contribution in [0.4, 0.5) is 4.79 Å². The van der Waals surface area contributed by atoms with Crippen LogP contribution in [0.3, 0.4) is 0 Å². The molecule has 0 heterocycles.